The molecular formula is C13H14O2. The second-order valence-corrected chi connectivity index (χ2v) is 5.43. The lowest BCUT2D eigenvalue weighted by molar-refractivity contribution is -0.136. The Hall–Kier alpha value is -1.05. The lowest BCUT2D eigenvalue weighted by atomic mass is 9.78. The summed E-state index contributed by atoms with van der Waals surface area (Å²) in [5.41, 5.74) is 1.42. The third-order valence-corrected chi connectivity index (χ3v) is 5.08. The molecule has 0 heterocycles. The van der Waals surface area contributed by atoms with E-state index in [1.165, 1.54) is 13.5 Å². The molecule has 5 atom stereocenters. The largest absolute Gasteiger partial charge is 0.466 e. The van der Waals surface area contributed by atoms with Crippen molar-refractivity contribution in [1.82, 2.24) is 0 Å². The Kier molecular flexibility index (Phi) is 1.20. The van der Waals surface area contributed by atoms with Gasteiger partial charge in [-0.3, -0.25) is 0 Å². The maximum Gasteiger partial charge on any atom is 0.333 e. The van der Waals surface area contributed by atoms with Crippen molar-refractivity contribution in [1.29, 1.82) is 0 Å². The number of methoxy groups -OCH3 is 1. The number of carbonyl (C=O) groups excluding carboxylic acids is 1. The Morgan fingerprint density at radius 1 is 1.47 bits per heavy atom. The van der Waals surface area contributed by atoms with E-state index in [1.54, 1.807) is 0 Å². The summed E-state index contributed by atoms with van der Waals surface area (Å²) in [5.74, 6) is 2.90. The summed E-state index contributed by atoms with van der Waals surface area (Å²) in [6.45, 7) is 0. The average Bonchev–Trinajstić information content (AvgIpc) is 2.67. The lowest BCUT2D eigenvalue weighted by Gasteiger charge is -2.26. The zero-order valence-corrected chi connectivity index (χ0v) is 8.77. The van der Waals surface area contributed by atoms with Crippen molar-refractivity contribution in [3.05, 3.63) is 23.8 Å². The molecule has 4 rings (SSSR count). The standard InChI is InChI=1S/C13H14O2/c1-15-12(14)7-4-9-8-2-3-13(6-11(8)13)10(9)5-7/h2-4,8-11H,5-6H2,1H3. The summed E-state index contributed by atoms with van der Waals surface area (Å²) in [4.78, 5) is 11.5. The van der Waals surface area contributed by atoms with Gasteiger partial charge in [0.05, 0.1) is 7.11 Å². The zero-order chi connectivity index (χ0) is 10.2. The minimum absolute atomic E-state index is 0.114. The molecule has 0 aliphatic heterocycles. The summed E-state index contributed by atoms with van der Waals surface area (Å²) in [6, 6.07) is 0. The van der Waals surface area contributed by atoms with Crippen molar-refractivity contribution >= 4 is 5.97 Å². The molecule has 0 radical (unpaired) electrons. The first kappa shape index (κ1) is 8.14. The molecule has 4 aliphatic rings. The average molecular weight is 202 g/mol. The molecule has 2 saturated carbocycles. The van der Waals surface area contributed by atoms with Crippen molar-refractivity contribution in [2.24, 2.45) is 29.1 Å². The molecule has 78 valence electrons. The van der Waals surface area contributed by atoms with Gasteiger partial charge >= 0.3 is 5.97 Å². The summed E-state index contributed by atoms with van der Waals surface area (Å²) in [6.07, 6.45) is 9.33. The van der Waals surface area contributed by atoms with Gasteiger partial charge in [0.1, 0.15) is 0 Å². The van der Waals surface area contributed by atoms with Crippen LogP contribution in [0.25, 0.3) is 0 Å². The number of rotatable bonds is 1. The topological polar surface area (TPSA) is 26.3 Å². The van der Waals surface area contributed by atoms with E-state index in [1.807, 2.05) is 0 Å². The van der Waals surface area contributed by atoms with Gasteiger partial charge in [-0.05, 0) is 41.9 Å². The fraction of sp³-hybridized carbons (Fsp3) is 0.615. The summed E-state index contributed by atoms with van der Waals surface area (Å²) < 4.78 is 4.81. The molecule has 0 saturated heterocycles. The van der Waals surface area contributed by atoms with Crippen molar-refractivity contribution < 1.29 is 9.53 Å². The normalized spacial score (nSPS) is 52.5. The second-order valence-electron chi connectivity index (χ2n) is 5.43. The highest BCUT2D eigenvalue weighted by Crippen LogP contribution is 2.78. The third-order valence-electron chi connectivity index (χ3n) is 5.08. The summed E-state index contributed by atoms with van der Waals surface area (Å²) >= 11 is 0. The number of fused-ring (bicyclic) bond motifs is 2. The van der Waals surface area contributed by atoms with Crippen LogP contribution < -0.4 is 0 Å². The quantitative estimate of drug-likeness (QED) is 0.479. The van der Waals surface area contributed by atoms with Crippen LogP contribution in [0.4, 0.5) is 0 Å². The third kappa shape index (κ3) is 0.735. The molecule has 2 heteroatoms. The first-order chi connectivity index (χ1) is 7.26. The summed E-state index contributed by atoms with van der Waals surface area (Å²) in [7, 11) is 1.47. The smallest absolute Gasteiger partial charge is 0.333 e. The highest BCUT2D eigenvalue weighted by atomic mass is 16.5. The first-order valence-electron chi connectivity index (χ1n) is 5.74. The van der Waals surface area contributed by atoms with Crippen molar-refractivity contribution in [3.8, 4) is 0 Å². The van der Waals surface area contributed by atoms with Crippen LogP contribution in [0.15, 0.2) is 23.8 Å². The molecule has 2 fully saturated rings. The van der Waals surface area contributed by atoms with Gasteiger partial charge in [0.25, 0.3) is 0 Å². The number of hydrogen-bond donors (Lipinski definition) is 0. The maximum atomic E-state index is 11.5. The van der Waals surface area contributed by atoms with Gasteiger partial charge in [0.15, 0.2) is 0 Å². The van der Waals surface area contributed by atoms with Crippen LogP contribution in [0.2, 0.25) is 0 Å². The molecular weight excluding hydrogens is 188 g/mol. The molecule has 4 aliphatic carbocycles. The predicted molar refractivity (Wildman–Crippen MR) is 54.9 cm³/mol. The van der Waals surface area contributed by atoms with Crippen molar-refractivity contribution in [2.75, 3.05) is 7.11 Å². The van der Waals surface area contributed by atoms with E-state index in [9.17, 15) is 4.79 Å². The van der Waals surface area contributed by atoms with Crippen molar-refractivity contribution in [2.45, 2.75) is 12.8 Å². The molecule has 2 nitrogen and oxygen atoms in total. The molecule has 0 spiro atoms. The fourth-order valence-electron chi connectivity index (χ4n) is 4.38. The van der Waals surface area contributed by atoms with Crippen LogP contribution in [-0.4, -0.2) is 13.1 Å². The molecule has 0 aromatic rings. The van der Waals surface area contributed by atoms with E-state index in [2.05, 4.69) is 18.2 Å². The lowest BCUT2D eigenvalue weighted by Crippen LogP contribution is -2.20. The minimum atomic E-state index is -0.114. The van der Waals surface area contributed by atoms with Crippen LogP contribution in [0.5, 0.6) is 0 Å². The number of esters is 1. The molecule has 5 unspecified atom stereocenters. The van der Waals surface area contributed by atoms with E-state index >= 15 is 0 Å². The molecule has 0 aromatic heterocycles. The van der Waals surface area contributed by atoms with Crippen LogP contribution in [0, 0.1) is 29.1 Å². The number of hydrogen-bond acceptors (Lipinski definition) is 2. The number of carbonyl (C=O) groups is 1. The Morgan fingerprint density at radius 3 is 3.00 bits per heavy atom. The highest BCUT2D eigenvalue weighted by molar-refractivity contribution is 5.89. The van der Waals surface area contributed by atoms with Gasteiger partial charge in [0, 0.05) is 5.57 Å². The van der Waals surface area contributed by atoms with Gasteiger partial charge in [-0.25, -0.2) is 4.79 Å². The van der Waals surface area contributed by atoms with E-state index in [0.29, 0.717) is 17.3 Å². The fourth-order valence-corrected chi connectivity index (χ4v) is 4.38. The monoisotopic (exact) mass is 202 g/mol. The van der Waals surface area contributed by atoms with Gasteiger partial charge in [-0.2, -0.15) is 0 Å². The second kappa shape index (κ2) is 2.21. The van der Waals surface area contributed by atoms with Gasteiger partial charge < -0.3 is 4.74 Å². The van der Waals surface area contributed by atoms with Crippen molar-refractivity contribution in [3.63, 3.8) is 0 Å². The highest BCUT2D eigenvalue weighted by Gasteiger charge is 2.72. The Morgan fingerprint density at radius 2 is 2.33 bits per heavy atom. The van der Waals surface area contributed by atoms with Gasteiger partial charge in [-0.1, -0.05) is 18.2 Å². The first-order valence-corrected chi connectivity index (χ1v) is 5.74. The Balaban J connectivity index is 1.69. The predicted octanol–water partition coefficient (Wildman–Crippen LogP) is 1.93. The molecule has 0 aromatic carbocycles. The van der Waals surface area contributed by atoms with E-state index < -0.39 is 0 Å². The van der Waals surface area contributed by atoms with E-state index in [-0.39, 0.29) is 5.97 Å². The number of ether oxygens (including phenoxy) is 1. The Labute approximate surface area is 89.0 Å². The molecule has 0 amide bonds. The van der Waals surface area contributed by atoms with Gasteiger partial charge in [0.2, 0.25) is 0 Å². The minimum Gasteiger partial charge on any atom is -0.466 e. The van der Waals surface area contributed by atoms with Crippen LogP contribution >= 0.6 is 0 Å². The van der Waals surface area contributed by atoms with Crippen LogP contribution in [0.1, 0.15) is 12.8 Å². The Bertz CT molecular complexity index is 420. The van der Waals surface area contributed by atoms with Crippen LogP contribution in [0.3, 0.4) is 0 Å². The zero-order valence-electron chi connectivity index (χ0n) is 8.77. The molecule has 2 bridgehead atoms. The summed E-state index contributed by atoms with van der Waals surface area (Å²) in [5, 5.41) is 0. The van der Waals surface area contributed by atoms with E-state index in [0.717, 1.165) is 23.8 Å². The molecule has 0 N–H and O–H groups in total. The maximum absolute atomic E-state index is 11.5. The SMILES string of the molecule is COC(=O)C1=CC2C3C=CC4(CC34)C2C1. The van der Waals surface area contributed by atoms with Crippen LogP contribution in [-0.2, 0) is 9.53 Å². The van der Waals surface area contributed by atoms with E-state index in [4.69, 9.17) is 4.74 Å². The van der Waals surface area contributed by atoms with Gasteiger partial charge in [-0.15, -0.1) is 0 Å². The number of allylic oxidation sites excluding steroid dienone is 3. The molecule has 15 heavy (non-hydrogen) atoms.